The third-order valence-corrected chi connectivity index (χ3v) is 3.93. The van der Waals surface area contributed by atoms with Gasteiger partial charge in [-0.3, -0.25) is 4.79 Å². The number of rotatable bonds is 3. The number of carbonyl (C=O) groups excluding carboxylic acids is 1. The highest BCUT2D eigenvalue weighted by Crippen LogP contribution is 2.17. The molecule has 0 heterocycles. The second-order valence-electron chi connectivity index (χ2n) is 4.28. The molecule has 1 amide bonds. The van der Waals surface area contributed by atoms with E-state index in [2.05, 4.69) is 27.9 Å². The van der Waals surface area contributed by atoms with Gasteiger partial charge in [0.1, 0.15) is 5.82 Å². The largest absolute Gasteiger partial charge is 0.326 e. The van der Waals surface area contributed by atoms with E-state index in [0.29, 0.717) is 5.56 Å². The predicted octanol–water partition coefficient (Wildman–Crippen LogP) is 3.92. The van der Waals surface area contributed by atoms with Gasteiger partial charge < -0.3 is 5.32 Å². The molecule has 4 heteroatoms. The highest BCUT2D eigenvalue weighted by molar-refractivity contribution is 14.1. The minimum Gasteiger partial charge on any atom is -0.326 e. The van der Waals surface area contributed by atoms with E-state index in [4.69, 9.17) is 0 Å². The molecule has 0 fully saturated rings. The van der Waals surface area contributed by atoms with Gasteiger partial charge in [0.2, 0.25) is 5.91 Å². The summed E-state index contributed by atoms with van der Waals surface area (Å²) in [5, 5.41) is 2.78. The fourth-order valence-electron chi connectivity index (χ4n) is 1.69. The molecule has 0 aliphatic rings. The lowest BCUT2D eigenvalue weighted by Crippen LogP contribution is -2.15. The molecule has 2 nitrogen and oxygen atoms in total. The fraction of sp³-hybridized carbons (Fsp3) is 0.133. The van der Waals surface area contributed by atoms with Crippen LogP contribution in [0.2, 0.25) is 0 Å². The summed E-state index contributed by atoms with van der Waals surface area (Å²) in [6.45, 7) is 2.01. The number of halogens is 2. The molecule has 0 bridgehead atoms. The first-order chi connectivity index (χ1) is 9.06. The van der Waals surface area contributed by atoms with Gasteiger partial charge >= 0.3 is 0 Å². The molecular weight excluding hydrogens is 356 g/mol. The molecule has 19 heavy (non-hydrogen) atoms. The number of aryl methyl sites for hydroxylation is 1. The summed E-state index contributed by atoms with van der Waals surface area (Å²) in [4.78, 5) is 11.9. The second kappa shape index (κ2) is 6.14. The molecule has 98 valence electrons. The predicted molar refractivity (Wildman–Crippen MR) is 82.6 cm³/mol. The quantitative estimate of drug-likeness (QED) is 0.817. The molecule has 2 rings (SSSR count). The summed E-state index contributed by atoms with van der Waals surface area (Å²) in [7, 11) is 0. The Labute approximate surface area is 125 Å². The summed E-state index contributed by atoms with van der Waals surface area (Å²) < 4.78 is 14.5. The molecule has 0 spiro atoms. The molecule has 0 aliphatic carbocycles. The first-order valence-corrected chi connectivity index (χ1v) is 6.93. The Kier molecular flexibility index (Phi) is 4.52. The van der Waals surface area contributed by atoms with Crippen molar-refractivity contribution in [2.45, 2.75) is 13.3 Å². The van der Waals surface area contributed by atoms with Gasteiger partial charge in [0.25, 0.3) is 0 Å². The van der Waals surface area contributed by atoms with Gasteiger partial charge in [0, 0.05) is 9.26 Å². The Bertz CT molecular complexity index is 613. The number of carbonyl (C=O) groups is 1. The Morgan fingerprint density at radius 1 is 1.26 bits per heavy atom. The third kappa shape index (κ3) is 3.76. The van der Waals surface area contributed by atoms with Crippen molar-refractivity contribution in [1.82, 2.24) is 0 Å². The molecule has 0 aromatic heterocycles. The maximum absolute atomic E-state index is 13.4. The Balaban J connectivity index is 2.05. The van der Waals surface area contributed by atoms with Crippen LogP contribution in [0, 0.1) is 16.3 Å². The van der Waals surface area contributed by atoms with Crippen LogP contribution < -0.4 is 5.32 Å². The topological polar surface area (TPSA) is 29.1 Å². The van der Waals surface area contributed by atoms with Crippen LogP contribution in [0.25, 0.3) is 0 Å². The monoisotopic (exact) mass is 369 g/mol. The SMILES string of the molecule is Cc1ccc(NC(=O)Cc2ccccc2F)cc1I. The first-order valence-electron chi connectivity index (χ1n) is 5.85. The summed E-state index contributed by atoms with van der Waals surface area (Å²) in [6.07, 6.45) is 0.0388. The number of anilines is 1. The van der Waals surface area contributed by atoms with Crippen molar-refractivity contribution in [2.75, 3.05) is 5.32 Å². The van der Waals surface area contributed by atoms with Gasteiger partial charge in [-0.1, -0.05) is 24.3 Å². The van der Waals surface area contributed by atoms with Gasteiger partial charge in [-0.15, -0.1) is 0 Å². The van der Waals surface area contributed by atoms with E-state index in [9.17, 15) is 9.18 Å². The normalized spacial score (nSPS) is 10.3. The molecule has 1 N–H and O–H groups in total. The third-order valence-electron chi connectivity index (χ3n) is 2.76. The number of benzene rings is 2. The van der Waals surface area contributed by atoms with Crippen molar-refractivity contribution < 1.29 is 9.18 Å². The molecule has 2 aromatic carbocycles. The standard InChI is InChI=1S/C15H13FINO/c1-10-6-7-12(9-14(10)17)18-15(19)8-11-4-2-3-5-13(11)16/h2-7,9H,8H2,1H3,(H,18,19). The Hall–Kier alpha value is -1.43. The van der Waals surface area contributed by atoms with Gasteiger partial charge in [0.05, 0.1) is 6.42 Å². The molecule has 0 saturated carbocycles. The maximum Gasteiger partial charge on any atom is 0.228 e. The number of nitrogens with one attached hydrogen (secondary N) is 1. The highest BCUT2D eigenvalue weighted by Gasteiger charge is 2.08. The zero-order valence-corrected chi connectivity index (χ0v) is 12.6. The maximum atomic E-state index is 13.4. The van der Waals surface area contributed by atoms with Crippen molar-refractivity contribution in [1.29, 1.82) is 0 Å². The minimum atomic E-state index is -0.351. The zero-order chi connectivity index (χ0) is 13.8. The van der Waals surface area contributed by atoms with E-state index in [1.54, 1.807) is 18.2 Å². The van der Waals surface area contributed by atoms with Crippen LogP contribution >= 0.6 is 22.6 Å². The number of amides is 1. The van der Waals surface area contributed by atoms with Gasteiger partial charge in [-0.2, -0.15) is 0 Å². The van der Waals surface area contributed by atoms with Crippen LogP contribution in [-0.4, -0.2) is 5.91 Å². The first kappa shape index (κ1) is 14.0. The fourth-order valence-corrected chi connectivity index (χ4v) is 2.21. The minimum absolute atomic E-state index is 0.0388. The lowest BCUT2D eigenvalue weighted by Gasteiger charge is -2.07. The van der Waals surface area contributed by atoms with Crippen molar-refractivity contribution in [3.63, 3.8) is 0 Å². The molecular formula is C15H13FINO. The van der Waals surface area contributed by atoms with Gasteiger partial charge in [-0.05, 0) is 58.8 Å². The summed E-state index contributed by atoms with van der Waals surface area (Å²) in [5.74, 6) is -0.569. The molecule has 2 aromatic rings. The Morgan fingerprint density at radius 3 is 2.68 bits per heavy atom. The molecule has 0 unspecified atom stereocenters. The van der Waals surface area contributed by atoms with E-state index in [1.807, 2.05) is 25.1 Å². The van der Waals surface area contributed by atoms with Gasteiger partial charge in [0.15, 0.2) is 0 Å². The van der Waals surface area contributed by atoms with Crippen molar-refractivity contribution in [2.24, 2.45) is 0 Å². The molecule has 0 aliphatic heterocycles. The summed E-state index contributed by atoms with van der Waals surface area (Å²) in [6, 6.07) is 12.0. The average molecular weight is 369 g/mol. The van der Waals surface area contributed by atoms with Crippen molar-refractivity contribution in [3.8, 4) is 0 Å². The van der Waals surface area contributed by atoms with Gasteiger partial charge in [-0.25, -0.2) is 4.39 Å². The van der Waals surface area contributed by atoms with Crippen molar-refractivity contribution in [3.05, 3.63) is 63.0 Å². The van der Waals surface area contributed by atoms with Crippen LogP contribution in [0.15, 0.2) is 42.5 Å². The molecule has 0 atom stereocenters. The van der Waals surface area contributed by atoms with E-state index >= 15 is 0 Å². The highest BCUT2D eigenvalue weighted by atomic mass is 127. The smallest absolute Gasteiger partial charge is 0.228 e. The average Bonchev–Trinajstić information content (AvgIpc) is 2.37. The van der Waals surface area contributed by atoms with Crippen LogP contribution in [0.4, 0.5) is 10.1 Å². The van der Waals surface area contributed by atoms with Crippen LogP contribution in [0.1, 0.15) is 11.1 Å². The Morgan fingerprint density at radius 2 is 2.00 bits per heavy atom. The van der Waals surface area contributed by atoms with E-state index in [1.165, 1.54) is 6.07 Å². The van der Waals surface area contributed by atoms with Crippen LogP contribution in [-0.2, 0) is 11.2 Å². The van der Waals surface area contributed by atoms with Crippen LogP contribution in [0.5, 0.6) is 0 Å². The van der Waals surface area contributed by atoms with E-state index < -0.39 is 0 Å². The lowest BCUT2D eigenvalue weighted by atomic mass is 10.1. The summed E-state index contributed by atoms with van der Waals surface area (Å²) >= 11 is 2.21. The lowest BCUT2D eigenvalue weighted by molar-refractivity contribution is -0.115. The number of hydrogen-bond acceptors (Lipinski definition) is 1. The van der Waals surface area contributed by atoms with Crippen LogP contribution in [0.3, 0.4) is 0 Å². The second-order valence-corrected chi connectivity index (χ2v) is 5.44. The van der Waals surface area contributed by atoms with E-state index in [0.717, 1.165) is 14.8 Å². The zero-order valence-electron chi connectivity index (χ0n) is 10.4. The van der Waals surface area contributed by atoms with Crippen molar-refractivity contribution >= 4 is 34.2 Å². The van der Waals surface area contributed by atoms with E-state index in [-0.39, 0.29) is 18.1 Å². The molecule has 0 saturated heterocycles. The summed E-state index contributed by atoms with van der Waals surface area (Å²) in [5.41, 5.74) is 2.30. The molecule has 0 radical (unpaired) electrons. The number of hydrogen-bond donors (Lipinski definition) is 1.